The molecule has 31 heavy (non-hydrogen) atoms. The summed E-state index contributed by atoms with van der Waals surface area (Å²) < 4.78 is 28.9. The first-order valence-electron chi connectivity index (χ1n) is 10.3. The van der Waals surface area contributed by atoms with E-state index in [2.05, 4.69) is 50.8 Å². The lowest BCUT2D eigenvalue weighted by atomic mass is 9.92. The van der Waals surface area contributed by atoms with Crippen LogP contribution in [0, 0.1) is 6.92 Å². The van der Waals surface area contributed by atoms with Crippen molar-refractivity contribution in [1.82, 2.24) is 29.4 Å². The zero-order chi connectivity index (χ0) is 21.8. The van der Waals surface area contributed by atoms with Crippen molar-refractivity contribution < 1.29 is 8.42 Å². The number of sulfonamides is 1. The summed E-state index contributed by atoms with van der Waals surface area (Å²) in [7, 11) is -1.49. The maximum Gasteiger partial charge on any atom is 0.243 e. The third-order valence-electron chi connectivity index (χ3n) is 5.81. The van der Waals surface area contributed by atoms with Gasteiger partial charge >= 0.3 is 0 Å². The summed E-state index contributed by atoms with van der Waals surface area (Å²) in [6.07, 6.45) is 7.13. The fourth-order valence-electron chi connectivity index (χ4n) is 3.96. The largest absolute Gasteiger partial charge is 0.381 e. The molecule has 2 aliphatic rings. The van der Waals surface area contributed by atoms with Gasteiger partial charge in [-0.05, 0) is 62.1 Å². The molecule has 1 aromatic carbocycles. The molecule has 0 atom stereocenters. The van der Waals surface area contributed by atoms with E-state index < -0.39 is 10.0 Å². The van der Waals surface area contributed by atoms with Crippen LogP contribution in [0.25, 0.3) is 17.1 Å². The van der Waals surface area contributed by atoms with E-state index in [0.29, 0.717) is 11.5 Å². The van der Waals surface area contributed by atoms with E-state index in [1.807, 2.05) is 0 Å². The van der Waals surface area contributed by atoms with Crippen LogP contribution in [0.4, 0.5) is 5.82 Å². The van der Waals surface area contributed by atoms with E-state index in [9.17, 15) is 8.42 Å². The molecule has 3 N–H and O–H groups in total. The molecule has 162 valence electrons. The van der Waals surface area contributed by atoms with Crippen molar-refractivity contribution in [3.05, 3.63) is 47.4 Å². The monoisotopic (exact) mass is 439 g/mol. The van der Waals surface area contributed by atoms with E-state index >= 15 is 0 Å². The lowest BCUT2D eigenvalue weighted by Crippen LogP contribution is -2.27. The summed E-state index contributed by atoms with van der Waals surface area (Å²) in [6, 6.07) is 4.29. The highest BCUT2D eigenvalue weighted by Gasteiger charge is 2.29. The number of hydrogen-bond acceptors (Lipinski definition) is 7. The molecule has 0 unspecified atom stereocenters. The summed E-state index contributed by atoms with van der Waals surface area (Å²) in [4.78, 5) is 11.4. The zero-order valence-corrected chi connectivity index (χ0v) is 18.4. The summed E-state index contributed by atoms with van der Waals surface area (Å²) in [5, 5.41) is 4.18. The number of nitrogens with two attached hydrogens (primary N) is 1. The van der Waals surface area contributed by atoms with Gasteiger partial charge in [0.1, 0.15) is 4.90 Å². The highest BCUT2D eigenvalue weighted by molar-refractivity contribution is 7.89. The van der Waals surface area contributed by atoms with E-state index in [-0.39, 0.29) is 16.8 Å². The van der Waals surface area contributed by atoms with Crippen LogP contribution in [0.5, 0.6) is 0 Å². The van der Waals surface area contributed by atoms with Crippen molar-refractivity contribution in [1.29, 1.82) is 0 Å². The quantitative estimate of drug-likeness (QED) is 0.620. The average Bonchev–Trinajstić information content (AvgIpc) is 3.37. The van der Waals surface area contributed by atoms with Gasteiger partial charge in [0.05, 0.1) is 24.3 Å². The number of nitrogens with zero attached hydrogens (tertiary/aromatic N) is 5. The highest BCUT2D eigenvalue weighted by atomic mass is 32.2. The van der Waals surface area contributed by atoms with E-state index in [1.54, 1.807) is 6.20 Å². The highest BCUT2D eigenvalue weighted by Crippen LogP contribution is 2.29. The average molecular weight is 440 g/mol. The maximum atomic E-state index is 12.5. The summed E-state index contributed by atoms with van der Waals surface area (Å²) in [5.74, 6) is 0.484. The Morgan fingerprint density at radius 3 is 2.81 bits per heavy atom. The second-order valence-electron chi connectivity index (χ2n) is 8.40. The number of aromatic nitrogens is 4. The van der Waals surface area contributed by atoms with Crippen LogP contribution in [0.2, 0.25) is 0 Å². The Hall–Kier alpha value is -2.82. The lowest BCUT2D eigenvalue weighted by molar-refractivity contribution is 0.312. The van der Waals surface area contributed by atoms with Crippen LogP contribution in [0.15, 0.2) is 35.6 Å². The molecule has 5 rings (SSSR count). The van der Waals surface area contributed by atoms with Gasteiger partial charge in [0.15, 0.2) is 11.6 Å². The van der Waals surface area contributed by atoms with Gasteiger partial charge in [0.2, 0.25) is 10.0 Å². The van der Waals surface area contributed by atoms with Gasteiger partial charge in [-0.2, -0.15) is 5.10 Å². The SMILES string of the molecule is Cc1cc(-c2cnc(N)c(-n3cc(S(=O)(=O)NC4CC4)cn3)n2)cc2c1CCN(C)C2. The Balaban J connectivity index is 1.51. The Morgan fingerprint density at radius 1 is 1.23 bits per heavy atom. The first-order valence-corrected chi connectivity index (χ1v) is 11.8. The summed E-state index contributed by atoms with van der Waals surface area (Å²) in [5.41, 5.74) is 11.6. The standard InChI is InChI=1S/C21H25N7O2S/c1-13-7-14(8-15-11-27(2)6-5-18(13)15)19-10-23-20(22)21(25-19)28-12-17(9-24-28)31(29,30)26-16-3-4-16/h7-10,12,16,26H,3-6,11H2,1-2H3,(H2,22,23). The lowest BCUT2D eigenvalue weighted by Gasteiger charge is -2.27. The number of rotatable bonds is 5. The molecule has 3 heterocycles. The van der Waals surface area contributed by atoms with Crippen molar-refractivity contribution in [2.24, 2.45) is 0 Å². The Bertz CT molecular complexity index is 1260. The molecule has 0 spiro atoms. The van der Waals surface area contributed by atoms with E-state index in [0.717, 1.165) is 37.9 Å². The fraction of sp³-hybridized carbons (Fsp3) is 0.381. The van der Waals surface area contributed by atoms with Crippen molar-refractivity contribution in [2.45, 2.75) is 43.7 Å². The van der Waals surface area contributed by atoms with Gasteiger partial charge in [-0.1, -0.05) is 0 Å². The number of nitrogen functional groups attached to an aromatic ring is 1. The molecule has 1 fully saturated rings. The second-order valence-corrected chi connectivity index (χ2v) is 10.1. The van der Waals surface area contributed by atoms with Crippen molar-refractivity contribution in [3.8, 4) is 17.1 Å². The Morgan fingerprint density at radius 2 is 2.03 bits per heavy atom. The molecule has 0 bridgehead atoms. The van der Waals surface area contributed by atoms with Crippen molar-refractivity contribution in [2.75, 3.05) is 19.3 Å². The molecule has 0 saturated heterocycles. The van der Waals surface area contributed by atoms with Gasteiger partial charge in [-0.25, -0.2) is 27.8 Å². The minimum Gasteiger partial charge on any atom is -0.381 e. The van der Waals surface area contributed by atoms with Gasteiger partial charge in [-0.3, -0.25) is 0 Å². The predicted octanol–water partition coefficient (Wildman–Crippen LogP) is 1.65. The molecule has 10 heteroatoms. The molecule has 1 aliphatic carbocycles. The molecular formula is C21H25N7O2S. The normalized spacial score (nSPS) is 17.0. The van der Waals surface area contributed by atoms with Crippen molar-refractivity contribution in [3.63, 3.8) is 0 Å². The van der Waals surface area contributed by atoms with E-state index in [1.165, 1.54) is 33.8 Å². The molecule has 3 aromatic rings. The third-order valence-corrected chi connectivity index (χ3v) is 7.29. The topological polar surface area (TPSA) is 119 Å². The van der Waals surface area contributed by atoms with Crippen molar-refractivity contribution >= 4 is 15.8 Å². The maximum absolute atomic E-state index is 12.5. The number of aryl methyl sites for hydroxylation is 1. The molecule has 2 aromatic heterocycles. The first-order chi connectivity index (χ1) is 14.8. The molecule has 0 radical (unpaired) electrons. The van der Waals surface area contributed by atoms with E-state index in [4.69, 9.17) is 5.73 Å². The van der Waals surface area contributed by atoms with Crippen LogP contribution in [0.1, 0.15) is 29.5 Å². The van der Waals surface area contributed by atoms with Crippen LogP contribution >= 0.6 is 0 Å². The first kappa shape index (κ1) is 20.1. The molecule has 1 aliphatic heterocycles. The molecule has 1 saturated carbocycles. The van der Waals surface area contributed by atoms with Gasteiger partial charge < -0.3 is 10.6 Å². The summed E-state index contributed by atoms with van der Waals surface area (Å²) in [6.45, 7) is 4.07. The third kappa shape index (κ3) is 3.93. The van der Waals surface area contributed by atoms with Gasteiger partial charge in [-0.15, -0.1) is 0 Å². The predicted molar refractivity (Wildman–Crippen MR) is 117 cm³/mol. The number of fused-ring (bicyclic) bond motifs is 1. The number of hydrogen-bond donors (Lipinski definition) is 2. The van der Waals surface area contributed by atoms with Crippen LogP contribution in [-0.4, -0.2) is 52.7 Å². The molecular weight excluding hydrogens is 414 g/mol. The number of likely N-dealkylation sites (N-methyl/N-ethyl adjacent to an activating group) is 1. The minimum absolute atomic E-state index is 0.0211. The molecule has 9 nitrogen and oxygen atoms in total. The zero-order valence-electron chi connectivity index (χ0n) is 17.5. The van der Waals surface area contributed by atoms with Crippen LogP contribution < -0.4 is 10.5 Å². The van der Waals surface area contributed by atoms with Crippen LogP contribution in [-0.2, 0) is 23.0 Å². The number of benzene rings is 1. The Kier molecular flexibility index (Phi) is 4.80. The molecule has 0 amide bonds. The van der Waals surface area contributed by atoms with Crippen LogP contribution in [0.3, 0.4) is 0 Å². The number of anilines is 1. The number of nitrogens with one attached hydrogen (secondary N) is 1. The van der Waals surface area contributed by atoms with Gasteiger partial charge in [0.25, 0.3) is 0 Å². The van der Waals surface area contributed by atoms with Gasteiger partial charge in [0, 0.05) is 24.7 Å². The Labute approximate surface area is 181 Å². The fourth-order valence-corrected chi connectivity index (χ4v) is 5.19. The second kappa shape index (κ2) is 7.40. The summed E-state index contributed by atoms with van der Waals surface area (Å²) >= 11 is 0. The minimum atomic E-state index is -3.61. The smallest absolute Gasteiger partial charge is 0.243 e.